The first-order valence-corrected chi connectivity index (χ1v) is 9.50. The predicted molar refractivity (Wildman–Crippen MR) is 117 cm³/mol. The molecule has 6 heteroatoms. The van der Waals surface area contributed by atoms with Gasteiger partial charge in [0.15, 0.2) is 5.96 Å². The Hall–Kier alpha value is -0.0800. The van der Waals surface area contributed by atoms with Crippen LogP contribution in [0, 0.1) is 0 Å². The van der Waals surface area contributed by atoms with Gasteiger partial charge >= 0.3 is 0 Å². The quantitative estimate of drug-likeness (QED) is 0.244. The summed E-state index contributed by atoms with van der Waals surface area (Å²) in [6.45, 7) is 11.8. The molecule has 0 aromatic rings. The second-order valence-electron chi connectivity index (χ2n) is 7.01. The van der Waals surface area contributed by atoms with Gasteiger partial charge in [0.2, 0.25) is 0 Å². The Balaban J connectivity index is 0.00000529. The lowest BCUT2D eigenvalue weighted by atomic mass is 10.1. The van der Waals surface area contributed by atoms with Crippen molar-refractivity contribution in [2.75, 3.05) is 46.8 Å². The Kier molecular flexibility index (Phi) is 14.1. The molecule has 5 nitrogen and oxygen atoms in total. The molecule has 1 aliphatic heterocycles. The fourth-order valence-corrected chi connectivity index (χ4v) is 3.00. The van der Waals surface area contributed by atoms with E-state index in [1.54, 1.807) is 0 Å². The lowest BCUT2D eigenvalue weighted by molar-refractivity contribution is 0.119. The van der Waals surface area contributed by atoms with E-state index in [4.69, 9.17) is 4.99 Å². The van der Waals surface area contributed by atoms with Gasteiger partial charge in [0.1, 0.15) is 0 Å². The summed E-state index contributed by atoms with van der Waals surface area (Å²) < 4.78 is 0. The van der Waals surface area contributed by atoms with Gasteiger partial charge in [-0.1, -0.05) is 32.6 Å². The lowest BCUT2D eigenvalue weighted by Crippen LogP contribution is -2.52. The Morgan fingerprint density at radius 3 is 2.58 bits per heavy atom. The van der Waals surface area contributed by atoms with Crippen molar-refractivity contribution in [1.29, 1.82) is 0 Å². The number of nitrogens with zero attached hydrogens (tertiary/aromatic N) is 3. The minimum atomic E-state index is 0. The summed E-state index contributed by atoms with van der Waals surface area (Å²) in [6.07, 6.45) is 6.52. The van der Waals surface area contributed by atoms with Gasteiger partial charge in [0.25, 0.3) is 0 Å². The summed E-state index contributed by atoms with van der Waals surface area (Å²) in [7, 11) is 4.41. The molecule has 0 aromatic carbocycles. The first kappa shape index (κ1) is 23.9. The van der Waals surface area contributed by atoms with Crippen LogP contribution in [0.15, 0.2) is 4.99 Å². The molecule has 1 saturated heterocycles. The molecule has 2 N–H and O–H groups in total. The second kappa shape index (κ2) is 14.1. The second-order valence-corrected chi connectivity index (χ2v) is 7.01. The molecule has 0 saturated carbocycles. The van der Waals surface area contributed by atoms with Gasteiger partial charge in [0.05, 0.1) is 6.54 Å². The fraction of sp³-hybridized carbons (Fsp3) is 0.944. The normalized spacial score (nSPS) is 21.2. The maximum absolute atomic E-state index is 4.83. The van der Waals surface area contributed by atoms with Gasteiger partial charge in [-0.15, -0.1) is 24.0 Å². The van der Waals surface area contributed by atoms with E-state index in [-0.39, 0.29) is 24.0 Å². The molecule has 0 aromatic heterocycles. The SMILES string of the molecule is CCCCCCC(C)NC(=NCC1CN(C)CCN1C)NCC.I. The lowest BCUT2D eigenvalue weighted by Gasteiger charge is -2.37. The minimum Gasteiger partial charge on any atom is -0.357 e. The number of piperazine rings is 1. The highest BCUT2D eigenvalue weighted by atomic mass is 127. The summed E-state index contributed by atoms with van der Waals surface area (Å²) in [5, 5.41) is 6.95. The van der Waals surface area contributed by atoms with Crippen LogP contribution in [-0.4, -0.2) is 74.7 Å². The molecule has 0 spiro atoms. The summed E-state index contributed by atoms with van der Waals surface area (Å²) in [5.41, 5.74) is 0. The van der Waals surface area contributed by atoms with Crippen molar-refractivity contribution in [3.8, 4) is 0 Å². The van der Waals surface area contributed by atoms with Gasteiger partial charge < -0.3 is 15.5 Å². The Bertz CT molecular complexity index is 337. The molecule has 2 atom stereocenters. The highest BCUT2D eigenvalue weighted by Crippen LogP contribution is 2.07. The van der Waals surface area contributed by atoms with Crippen LogP contribution in [0.4, 0.5) is 0 Å². The molecule has 1 rings (SSSR count). The van der Waals surface area contributed by atoms with Crippen LogP contribution in [0.25, 0.3) is 0 Å². The van der Waals surface area contributed by atoms with E-state index in [1.807, 2.05) is 0 Å². The summed E-state index contributed by atoms with van der Waals surface area (Å²) in [4.78, 5) is 9.66. The Labute approximate surface area is 167 Å². The minimum absolute atomic E-state index is 0. The van der Waals surface area contributed by atoms with Crippen LogP contribution in [0.2, 0.25) is 0 Å². The first-order valence-electron chi connectivity index (χ1n) is 9.50. The highest BCUT2D eigenvalue weighted by Gasteiger charge is 2.21. The molecule has 1 heterocycles. The van der Waals surface area contributed by atoms with E-state index in [0.29, 0.717) is 12.1 Å². The fourth-order valence-electron chi connectivity index (χ4n) is 3.00. The zero-order chi connectivity index (χ0) is 17.1. The summed E-state index contributed by atoms with van der Waals surface area (Å²) >= 11 is 0. The number of hydrogen-bond acceptors (Lipinski definition) is 3. The molecular formula is C18H40IN5. The van der Waals surface area contributed by atoms with Gasteiger partial charge in [-0.2, -0.15) is 0 Å². The van der Waals surface area contributed by atoms with Crippen LogP contribution in [0.5, 0.6) is 0 Å². The third-order valence-electron chi connectivity index (χ3n) is 4.66. The van der Waals surface area contributed by atoms with Crippen molar-refractivity contribution < 1.29 is 0 Å². The van der Waals surface area contributed by atoms with Crippen LogP contribution >= 0.6 is 24.0 Å². The third-order valence-corrected chi connectivity index (χ3v) is 4.66. The van der Waals surface area contributed by atoms with Crippen molar-refractivity contribution in [3.63, 3.8) is 0 Å². The monoisotopic (exact) mass is 453 g/mol. The van der Waals surface area contributed by atoms with Crippen molar-refractivity contribution in [2.24, 2.45) is 4.99 Å². The van der Waals surface area contributed by atoms with Crippen molar-refractivity contribution in [1.82, 2.24) is 20.4 Å². The van der Waals surface area contributed by atoms with Crippen molar-refractivity contribution >= 4 is 29.9 Å². The standard InChI is InChI=1S/C18H39N5.HI/c1-6-8-9-10-11-16(3)21-18(19-7-2)20-14-17-15-22(4)12-13-23(17)5;/h16-17H,6-15H2,1-5H3,(H2,19,20,21);1H. The van der Waals surface area contributed by atoms with Crippen LogP contribution in [0.3, 0.4) is 0 Å². The highest BCUT2D eigenvalue weighted by molar-refractivity contribution is 14.0. The van der Waals surface area contributed by atoms with E-state index in [1.165, 1.54) is 32.1 Å². The van der Waals surface area contributed by atoms with Crippen molar-refractivity contribution in [2.45, 2.75) is 65.0 Å². The smallest absolute Gasteiger partial charge is 0.191 e. The number of aliphatic imine (C=N–C) groups is 1. The average Bonchev–Trinajstić information content (AvgIpc) is 2.52. The third kappa shape index (κ3) is 10.0. The first-order chi connectivity index (χ1) is 11.1. The number of unbranched alkanes of at least 4 members (excludes halogenated alkanes) is 3. The molecule has 1 fully saturated rings. The maximum atomic E-state index is 4.83. The predicted octanol–water partition coefficient (Wildman–Crippen LogP) is 2.76. The zero-order valence-corrected chi connectivity index (χ0v) is 18.8. The van der Waals surface area contributed by atoms with E-state index in [2.05, 4.69) is 55.3 Å². The summed E-state index contributed by atoms with van der Waals surface area (Å²) in [6, 6.07) is 1.00. The van der Waals surface area contributed by atoms with Gasteiger partial charge in [-0.3, -0.25) is 9.89 Å². The molecule has 0 aliphatic carbocycles. The summed E-state index contributed by atoms with van der Waals surface area (Å²) in [5.74, 6) is 0.970. The number of hydrogen-bond donors (Lipinski definition) is 2. The van der Waals surface area contributed by atoms with E-state index in [9.17, 15) is 0 Å². The van der Waals surface area contributed by atoms with E-state index >= 15 is 0 Å². The van der Waals surface area contributed by atoms with Gasteiger partial charge in [-0.05, 0) is 34.4 Å². The number of nitrogens with one attached hydrogen (secondary N) is 2. The van der Waals surface area contributed by atoms with Gasteiger partial charge in [-0.25, -0.2) is 0 Å². The zero-order valence-electron chi connectivity index (χ0n) is 16.5. The molecule has 144 valence electrons. The number of halogens is 1. The topological polar surface area (TPSA) is 42.9 Å². The molecule has 0 radical (unpaired) electrons. The Morgan fingerprint density at radius 2 is 1.92 bits per heavy atom. The van der Waals surface area contributed by atoms with Crippen molar-refractivity contribution in [3.05, 3.63) is 0 Å². The largest absolute Gasteiger partial charge is 0.357 e. The van der Waals surface area contributed by atoms with Crippen LogP contribution in [-0.2, 0) is 0 Å². The van der Waals surface area contributed by atoms with Crippen LogP contribution < -0.4 is 10.6 Å². The molecular weight excluding hydrogens is 413 g/mol. The molecule has 2 unspecified atom stereocenters. The molecule has 24 heavy (non-hydrogen) atoms. The van der Waals surface area contributed by atoms with E-state index in [0.717, 1.165) is 38.7 Å². The van der Waals surface area contributed by atoms with Crippen LogP contribution in [0.1, 0.15) is 52.9 Å². The molecule has 0 amide bonds. The number of rotatable bonds is 9. The van der Waals surface area contributed by atoms with E-state index < -0.39 is 0 Å². The number of guanidine groups is 1. The van der Waals surface area contributed by atoms with Gasteiger partial charge in [0, 0.05) is 38.3 Å². The Morgan fingerprint density at radius 1 is 1.17 bits per heavy atom. The average molecular weight is 453 g/mol. The maximum Gasteiger partial charge on any atom is 0.191 e. The molecule has 0 bridgehead atoms. The molecule has 1 aliphatic rings. The number of likely N-dealkylation sites (N-methyl/N-ethyl adjacent to an activating group) is 2.